The van der Waals surface area contributed by atoms with E-state index in [0.29, 0.717) is 4.47 Å². The van der Waals surface area contributed by atoms with E-state index in [2.05, 4.69) is 15.9 Å². The Balaban J connectivity index is 2.45. The molecule has 1 aliphatic rings. The first-order valence-electron chi connectivity index (χ1n) is 6.02. The van der Waals surface area contributed by atoms with Crippen LogP contribution in [0.1, 0.15) is 13.8 Å². The predicted molar refractivity (Wildman–Crippen MR) is 82.9 cm³/mol. The van der Waals surface area contributed by atoms with E-state index in [1.54, 1.807) is 0 Å². The third-order valence-corrected chi connectivity index (χ3v) is 6.16. The lowest BCUT2D eigenvalue weighted by molar-refractivity contribution is -0.0440. The molecule has 8 heteroatoms. The van der Waals surface area contributed by atoms with Crippen LogP contribution in [0.2, 0.25) is 10.0 Å². The number of hydrogen-bond donors (Lipinski definition) is 0. The summed E-state index contributed by atoms with van der Waals surface area (Å²) >= 11 is 15.4. The van der Waals surface area contributed by atoms with Crippen LogP contribution in [0.3, 0.4) is 0 Å². The number of ether oxygens (including phenoxy) is 1. The molecule has 1 saturated heterocycles. The number of sulfonamides is 1. The average Bonchev–Trinajstić information content (AvgIpc) is 2.25. The lowest BCUT2D eigenvalue weighted by atomic mass is 10.3. The summed E-state index contributed by atoms with van der Waals surface area (Å²) in [6.07, 6.45) is -0.331. The standard InChI is InChI=1S/C12H14BrCl2NO3S/c1-7-5-16(6-8(2)19-7)20(17,18)12-10(14)3-9(13)4-11(12)15/h3-4,7-8H,5-6H2,1-2H3. The number of nitrogens with zero attached hydrogens (tertiary/aromatic N) is 1. The maximum absolute atomic E-state index is 12.7. The van der Waals surface area contributed by atoms with Gasteiger partial charge in [-0.3, -0.25) is 0 Å². The number of rotatable bonds is 2. The van der Waals surface area contributed by atoms with Gasteiger partial charge in [0.2, 0.25) is 10.0 Å². The fourth-order valence-corrected chi connectivity index (χ4v) is 5.71. The minimum absolute atomic E-state index is 0.0506. The van der Waals surface area contributed by atoms with Gasteiger partial charge in [0.1, 0.15) is 4.90 Å². The van der Waals surface area contributed by atoms with E-state index in [4.69, 9.17) is 27.9 Å². The smallest absolute Gasteiger partial charge is 0.246 e. The van der Waals surface area contributed by atoms with Gasteiger partial charge in [-0.25, -0.2) is 8.42 Å². The summed E-state index contributed by atoms with van der Waals surface area (Å²) in [5, 5.41) is 0.215. The molecular weight excluding hydrogens is 389 g/mol. The zero-order chi connectivity index (χ0) is 15.1. The number of hydrogen-bond acceptors (Lipinski definition) is 3. The lowest BCUT2D eigenvalue weighted by Crippen LogP contribution is -2.48. The van der Waals surface area contributed by atoms with Crippen LogP contribution < -0.4 is 0 Å². The molecule has 1 aromatic carbocycles. The van der Waals surface area contributed by atoms with E-state index < -0.39 is 10.0 Å². The van der Waals surface area contributed by atoms with Crippen LogP contribution in [0.15, 0.2) is 21.5 Å². The number of morpholine rings is 1. The van der Waals surface area contributed by atoms with Crippen LogP contribution in [-0.4, -0.2) is 38.0 Å². The van der Waals surface area contributed by atoms with Crippen molar-refractivity contribution in [3.63, 3.8) is 0 Å². The van der Waals surface area contributed by atoms with Gasteiger partial charge in [0.05, 0.1) is 22.3 Å². The molecule has 2 unspecified atom stereocenters. The first-order valence-corrected chi connectivity index (χ1v) is 9.01. The van der Waals surface area contributed by atoms with Crippen molar-refractivity contribution in [3.8, 4) is 0 Å². The third-order valence-electron chi connectivity index (χ3n) is 2.95. The molecule has 4 nitrogen and oxygen atoms in total. The van der Waals surface area contributed by atoms with Crippen molar-refractivity contribution in [2.45, 2.75) is 31.0 Å². The van der Waals surface area contributed by atoms with Gasteiger partial charge in [-0.15, -0.1) is 0 Å². The van der Waals surface area contributed by atoms with Gasteiger partial charge >= 0.3 is 0 Å². The molecular formula is C12H14BrCl2NO3S. The highest BCUT2D eigenvalue weighted by Crippen LogP contribution is 2.35. The second kappa shape index (κ2) is 6.10. The zero-order valence-corrected chi connectivity index (χ0v) is 14.9. The average molecular weight is 403 g/mol. The fourth-order valence-electron chi connectivity index (χ4n) is 2.23. The van der Waals surface area contributed by atoms with Crippen LogP contribution in [0.4, 0.5) is 0 Å². The van der Waals surface area contributed by atoms with Crippen molar-refractivity contribution in [2.24, 2.45) is 0 Å². The highest BCUT2D eigenvalue weighted by molar-refractivity contribution is 9.10. The Labute approximate surface area is 137 Å². The highest BCUT2D eigenvalue weighted by Gasteiger charge is 2.34. The normalized spacial score (nSPS) is 24.9. The van der Waals surface area contributed by atoms with Gasteiger partial charge in [0.25, 0.3) is 0 Å². The van der Waals surface area contributed by atoms with Crippen LogP contribution in [0.25, 0.3) is 0 Å². The van der Waals surface area contributed by atoms with Gasteiger partial charge in [-0.05, 0) is 26.0 Å². The molecule has 1 fully saturated rings. The van der Waals surface area contributed by atoms with Crippen molar-refractivity contribution in [2.75, 3.05) is 13.1 Å². The minimum atomic E-state index is -3.74. The summed E-state index contributed by atoms with van der Waals surface area (Å²) in [7, 11) is -3.74. The first-order chi connectivity index (χ1) is 9.21. The van der Waals surface area contributed by atoms with Crippen molar-refractivity contribution in [1.29, 1.82) is 0 Å². The molecule has 112 valence electrons. The zero-order valence-electron chi connectivity index (χ0n) is 10.9. The molecule has 1 heterocycles. The largest absolute Gasteiger partial charge is 0.373 e. The summed E-state index contributed by atoms with van der Waals surface area (Å²) in [6.45, 7) is 4.25. The Kier molecular flexibility index (Phi) is 5.04. The summed E-state index contributed by atoms with van der Waals surface area (Å²) in [4.78, 5) is -0.0506. The SMILES string of the molecule is CC1CN(S(=O)(=O)c2c(Cl)cc(Br)cc2Cl)CC(C)O1. The van der Waals surface area contributed by atoms with E-state index in [9.17, 15) is 8.42 Å². The van der Waals surface area contributed by atoms with E-state index in [0.717, 1.165) is 0 Å². The monoisotopic (exact) mass is 401 g/mol. The van der Waals surface area contributed by atoms with Crippen molar-refractivity contribution >= 4 is 49.2 Å². The minimum Gasteiger partial charge on any atom is -0.373 e. The molecule has 0 spiro atoms. The Morgan fingerprint density at radius 3 is 2.10 bits per heavy atom. The van der Waals surface area contributed by atoms with Crippen molar-refractivity contribution < 1.29 is 13.2 Å². The van der Waals surface area contributed by atoms with Crippen LogP contribution in [0.5, 0.6) is 0 Å². The van der Waals surface area contributed by atoms with Crippen LogP contribution in [-0.2, 0) is 14.8 Å². The third kappa shape index (κ3) is 3.31. The molecule has 2 rings (SSSR count). The molecule has 0 amide bonds. The number of benzene rings is 1. The summed E-state index contributed by atoms with van der Waals surface area (Å²) in [6, 6.07) is 3.04. The topological polar surface area (TPSA) is 46.6 Å². The van der Waals surface area contributed by atoms with E-state index in [-0.39, 0.29) is 40.2 Å². The molecule has 0 radical (unpaired) electrons. The Morgan fingerprint density at radius 2 is 1.65 bits per heavy atom. The van der Waals surface area contributed by atoms with E-state index in [1.807, 2.05) is 13.8 Å². The molecule has 1 aromatic rings. The summed E-state index contributed by atoms with van der Waals surface area (Å²) in [5.74, 6) is 0. The summed E-state index contributed by atoms with van der Waals surface area (Å²) in [5.41, 5.74) is 0. The molecule has 0 aromatic heterocycles. The Bertz CT molecular complexity index is 590. The summed E-state index contributed by atoms with van der Waals surface area (Å²) < 4.78 is 33.0. The molecule has 0 saturated carbocycles. The molecule has 2 atom stereocenters. The molecule has 0 aliphatic carbocycles. The van der Waals surface area contributed by atoms with Gasteiger partial charge < -0.3 is 4.74 Å². The maximum Gasteiger partial charge on any atom is 0.246 e. The molecule has 0 N–H and O–H groups in total. The maximum atomic E-state index is 12.7. The van der Waals surface area contributed by atoms with Gasteiger partial charge in [0, 0.05) is 17.6 Å². The van der Waals surface area contributed by atoms with Crippen molar-refractivity contribution in [3.05, 3.63) is 26.7 Å². The van der Waals surface area contributed by atoms with Crippen molar-refractivity contribution in [1.82, 2.24) is 4.31 Å². The second-order valence-corrected chi connectivity index (χ2v) is 8.38. The molecule has 1 aliphatic heterocycles. The Morgan fingerprint density at radius 1 is 1.20 bits per heavy atom. The molecule has 0 bridgehead atoms. The first kappa shape index (κ1) is 16.5. The second-order valence-electron chi connectivity index (χ2n) is 4.78. The quantitative estimate of drug-likeness (QED) is 0.759. The Hall–Kier alpha value is 0.150. The van der Waals surface area contributed by atoms with Gasteiger partial charge in [-0.1, -0.05) is 39.1 Å². The predicted octanol–water partition coefficient (Wildman–Crippen LogP) is 3.55. The fraction of sp³-hybridized carbons (Fsp3) is 0.500. The van der Waals surface area contributed by atoms with Gasteiger partial charge in [0.15, 0.2) is 0 Å². The van der Waals surface area contributed by atoms with E-state index in [1.165, 1.54) is 16.4 Å². The molecule has 20 heavy (non-hydrogen) atoms. The highest BCUT2D eigenvalue weighted by atomic mass is 79.9. The van der Waals surface area contributed by atoms with Crippen LogP contribution >= 0.6 is 39.1 Å². The van der Waals surface area contributed by atoms with E-state index >= 15 is 0 Å². The number of halogens is 3. The lowest BCUT2D eigenvalue weighted by Gasteiger charge is -2.34. The van der Waals surface area contributed by atoms with Crippen LogP contribution in [0, 0.1) is 0 Å². The van der Waals surface area contributed by atoms with Gasteiger partial charge in [-0.2, -0.15) is 4.31 Å².